The largest absolute Gasteiger partial charge is 0.493 e. The molecule has 0 saturated carbocycles. The van der Waals surface area contributed by atoms with Crippen molar-refractivity contribution in [3.63, 3.8) is 0 Å². The Morgan fingerprint density at radius 1 is 0.897 bits per heavy atom. The van der Waals surface area contributed by atoms with Gasteiger partial charge in [-0.15, -0.1) is 0 Å². The molecule has 2 rings (SSSR count). The summed E-state index contributed by atoms with van der Waals surface area (Å²) in [6, 6.07) is 6.92. The van der Waals surface area contributed by atoms with E-state index in [0.717, 1.165) is 16.7 Å². The Bertz CT molecular complexity index is 922. The topological polar surface area (TPSA) is 83.1 Å². The van der Waals surface area contributed by atoms with E-state index in [9.17, 15) is 9.59 Å². The van der Waals surface area contributed by atoms with Gasteiger partial charge in [-0.05, 0) is 50.5 Å². The molecule has 2 aromatic carbocycles. The van der Waals surface area contributed by atoms with E-state index in [0.29, 0.717) is 17.2 Å². The molecule has 0 aromatic heterocycles. The number of ether oxygens (including phenoxy) is 4. The van der Waals surface area contributed by atoms with E-state index >= 15 is 0 Å². The van der Waals surface area contributed by atoms with Crippen LogP contribution >= 0.6 is 0 Å². The van der Waals surface area contributed by atoms with Gasteiger partial charge in [-0.25, -0.2) is 4.79 Å². The molecule has 0 aliphatic heterocycles. The maximum Gasteiger partial charge on any atom is 0.340 e. The highest BCUT2D eigenvalue weighted by Crippen LogP contribution is 2.34. The Morgan fingerprint density at radius 2 is 1.52 bits per heavy atom. The molecule has 0 aliphatic carbocycles. The highest BCUT2D eigenvalue weighted by Gasteiger charge is 2.22. The Hall–Kier alpha value is -3.22. The molecular formula is C22H27NO6. The first-order valence-corrected chi connectivity index (χ1v) is 9.11. The van der Waals surface area contributed by atoms with Gasteiger partial charge in [0.25, 0.3) is 5.91 Å². The van der Waals surface area contributed by atoms with Crippen LogP contribution in [0, 0.1) is 20.8 Å². The van der Waals surface area contributed by atoms with Crippen molar-refractivity contribution >= 4 is 17.6 Å². The molecule has 0 heterocycles. The lowest BCUT2D eigenvalue weighted by molar-refractivity contribution is -0.122. The highest BCUT2D eigenvalue weighted by molar-refractivity contribution is 6.03. The number of anilines is 1. The molecule has 0 radical (unpaired) electrons. The van der Waals surface area contributed by atoms with Crippen LogP contribution in [-0.4, -0.2) is 39.3 Å². The normalized spacial score (nSPS) is 11.4. The molecule has 1 N–H and O–H groups in total. The van der Waals surface area contributed by atoms with Gasteiger partial charge < -0.3 is 24.3 Å². The second-order valence-corrected chi connectivity index (χ2v) is 6.70. The summed E-state index contributed by atoms with van der Waals surface area (Å²) in [5.41, 5.74) is 3.49. The molecule has 156 valence electrons. The van der Waals surface area contributed by atoms with Gasteiger partial charge in [0.15, 0.2) is 17.6 Å². The molecule has 0 fully saturated rings. The summed E-state index contributed by atoms with van der Waals surface area (Å²) in [7, 11) is 4.19. The maximum absolute atomic E-state index is 12.8. The van der Waals surface area contributed by atoms with Crippen LogP contribution < -0.4 is 19.5 Å². The summed E-state index contributed by atoms with van der Waals surface area (Å²) in [5, 5.41) is 2.72. The highest BCUT2D eigenvalue weighted by atomic mass is 16.5. The number of hydrogen-bond donors (Lipinski definition) is 1. The Kier molecular flexibility index (Phi) is 7.09. The van der Waals surface area contributed by atoms with Crippen molar-refractivity contribution in [2.45, 2.75) is 33.8 Å². The molecule has 7 nitrogen and oxygen atoms in total. The van der Waals surface area contributed by atoms with E-state index in [1.165, 1.54) is 33.5 Å². The van der Waals surface area contributed by atoms with Gasteiger partial charge in [-0.1, -0.05) is 6.07 Å². The summed E-state index contributed by atoms with van der Waals surface area (Å²) < 4.78 is 21.2. The second-order valence-electron chi connectivity index (χ2n) is 6.70. The molecule has 0 spiro atoms. The van der Waals surface area contributed by atoms with Gasteiger partial charge in [0.05, 0.1) is 32.6 Å². The molecule has 2 aromatic rings. The summed E-state index contributed by atoms with van der Waals surface area (Å²) in [5.74, 6) is 0.335. The standard InChI is InChI=1S/C22H27NO6/c1-12-8-13(2)14(3)18(9-12)29-15(4)21(24)23-17-11-20(27-6)19(26-5)10-16(17)22(25)28-7/h8-11,15H,1-7H3,(H,23,24). The summed E-state index contributed by atoms with van der Waals surface area (Å²) in [6.07, 6.45) is -0.798. The van der Waals surface area contributed by atoms with E-state index in [2.05, 4.69) is 11.4 Å². The van der Waals surface area contributed by atoms with Gasteiger partial charge in [0.2, 0.25) is 0 Å². The second kappa shape index (κ2) is 9.32. The quantitative estimate of drug-likeness (QED) is 0.710. The molecule has 0 aliphatic rings. The number of carbonyl (C=O) groups is 2. The predicted octanol–water partition coefficient (Wildman–Crippen LogP) is 3.82. The van der Waals surface area contributed by atoms with Crippen LogP contribution in [0.5, 0.6) is 17.2 Å². The monoisotopic (exact) mass is 401 g/mol. The van der Waals surface area contributed by atoms with Crippen molar-refractivity contribution in [1.29, 1.82) is 0 Å². The van der Waals surface area contributed by atoms with Crippen LogP contribution in [0.25, 0.3) is 0 Å². The van der Waals surface area contributed by atoms with Crippen LogP contribution in [0.15, 0.2) is 24.3 Å². The number of amides is 1. The Labute approximate surface area is 170 Å². The molecular weight excluding hydrogens is 374 g/mol. The van der Waals surface area contributed by atoms with E-state index in [1.54, 1.807) is 6.92 Å². The number of benzene rings is 2. The third kappa shape index (κ3) is 4.99. The number of methoxy groups -OCH3 is 3. The number of hydrogen-bond acceptors (Lipinski definition) is 6. The zero-order valence-electron chi connectivity index (χ0n) is 17.8. The summed E-state index contributed by atoms with van der Waals surface area (Å²) in [6.45, 7) is 7.55. The number of nitrogens with one attached hydrogen (secondary N) is 1. The molecule has 29 heavy (non-hydrogen) atoms. The Morgan fingerprint density at radius 3 is 2.10 bits per heavy atom. The van der Waals surface area contributed by atoms with Crippen LogP contribution in [0.1, 0.15) is 34.0 Å². The van der Waals surface area contributed by atoms with Crippen molar-refractivity contribution in [2.24, 2.45) is 0 Å². The lowest BCUT2D eigenvalue weighted by atomic mass is 10.1. The third-order valence-electron chi connectivity index (χ3n) is 4.62. The zero-order chi connectivity index (χ0) is 21.7. The fourth-order valence-corrected chi connectivity index (χ4v) is 2.86. The van der Waals surface area contributed by atoms with Gasteiger partial charge in [0.1, 0.15) is 5.75 Å². The fraction of sp³-hybridized carbons (Fsp3) is 0.364. The average molecular weight is 401 g/mol. The van der Waals surface area contributed by atoms with Crippen LogP contribution in [0.2, 0.25) is 0 Å². The summed E-state index contributed by atoms with van der Waals surface area (Å²) in [4.78, 5) is 24.9. The number of aryl methyl sites for hydroxylation is 2. The molecule has 7 heteroatoms. The van der Waals surface area contributed by atoms with Crippen LogP contribution in [0.3, 0.4) is 0 Å². The lowest BCUT2D eigenvalue weighted by Crippen LogP contribution is -2.31. The minimum Gasteiger partial charge on any atom is -0.493 e. The van der Waals surface area contributed by atoms with E-state index < -0.39 is 18.0 Å². The van der Waals surface area contributed by atoms with Crippen LogP contribution in [-0.2, 0) is 9.53 Å². The van der Waals surface area contributed by atoms with Gasteiger partial charge in [-0.3, -0.25) is 4.79 Å². The number of rotatable bonds is 7. The Balaban J connectivity index is 2.30. The number of esters is 1. The first kappa shape index (κ1) is 22.1. The molecule has 0 saturated heterocycles. The third-order valence-corrected chi connectivity index (χ3v) is 4.62. The first-order chi connectivity index (χ1) is 13.7. The fourth-order valence-electron chi connectivity index (χ4n) is 2.86. The first-order valence-electron chi connectivity index (χ1n) is 9.11. The van der Waals surface area contributed by atoms with Crippen molar-refractivity contribution in [3.8, 4) is 17.2 Å². The van der Waals surface area contributed by atoms with E-state index in [-0.39, 0.29) is 11.3 Å². The van der Waals surface area contributed by atoms with Crippen molar-refractivity contribution in [1.82, 2.24) is 0 Å². The molecule has 0 bridgehead atoms. The van der Waals surface area contributed by atoms with Crippen molar-refractivity contribution in [2.75, 3.05) is 26.6 Å². The molecule has 1 atom stereocenters. The minimum atomic E-state index is -0.798. The van der Waals surface area contributed by atoms with Gasteiger partial charge in [-0.2, -0.15) is 0 Å². The maximum atomic E-state index is 12.8. The minimum absolute atomic E-state index is 0.147. The predicted molar refractivity (Wildman–Crippen MR) is 110 cm³/mol. The van der Waals surface area contributed by atoms with Crippen molar-refractivity contribution < 1.29 is 28.5 Å². The molecule has 1 amide bonds. The van der Waals surface area contributed by atoms with Crippen LogP contribution in [0.4, 0.5) is 5.69 Å². The summed E-state index contributed by atoms with van der Waals surface area (Å²) >= 11 is 0. The SMILES string of the molecule is COC(=O)c1cc(OC)c(OC)cc1NC(=O)C(C)Oc1cc(C)cc(C)c1C. The van der Waals surface area contributed by atoms with Gasteiger partial charge >= 0.3 is 5.97 Å². The van der Waals surface area contributed by atoms with Gasteiger partial charge in [0, 0.05) is 12.1 Å². The van der Waals surface area contributed by atoms with Crippen molar-refractivity contribution in [3.05, 3.63) is 46.5 Å². The van der Waals surface area contributed by atoms with E-state index in [1.807, 2.05) is 26.8 Å². The smallest absolute Gasteiger partial charge is 0.340 e. The zero-order valence-corrected chi connectivity index (χ0v) is 17.8. The van der Waals surface area contributed by atoms with E-state index in [4.69, 9.17) is 18.9 Å². The number of carbonyl (C=O) groups excluding carboxylic acids is 2. The average Bonchev–Trinajstić information content (AvgIpc) is 2.70. The molecule has 1 unspecified atom stereocenters. The lowest BCUT2D eigenvalue weighted by Gasteiger charge is -2.19.